The Morgan fingerprint density at radius 1 is 1.31 bits per heavy atom. The van der Waals surface area contributed by atoms with Crippen LogP contribution in [0.4, 0.5) is 0 Å². The first-order valence-electron chi connectivity index (χ1n) is 5.75. The number of carbonyl (C=O) groups excluding carboxylic acids is 2. The molecule has 1 aliphatic heterocycles. The predicted octanol–water partition coefficient (Wildman–Crippen LogP) is -1.87. The average Bonchev–Trinajstić information content (AvgIpc) is 2.64. The molecule has 1 rings (SSSR count). The van der Waals surface area contributed by atoms with Gasteiger partial charge in [-0.2, -0.15) is 0 Å². The van der Waals surface area contributed by atoms with Crippen molar-refractivity contribution in [1.29, 1.82) is 0 Å². The van der Waals surface area contributed by atoms with Crippen LogP contribution in [-0.4, -0.2) is 37.2 Å². The summed E-state index contributed by atoms with van der Waals surface area (Å²) in [5.74, 6) is -1.61. The van der Waals surface area contributed by atoms with Gasteiger partial charge in [-0.1, -0.05) is 0 Å². The lowest BCUT2D eigenvalue weighted by Crippen LogP contribution is -3.15. The normalized spacial score (nSPS) is 18.7. The molecule has 0 saturated carbocycles. The molecule has 1 aliphatic rings. The summed E-state index contributed by atoms with van der Waals surface area (Å²) in [4.78, 5) is 23.4. The Morgan fingerprint density at radius 3 is 2.31 bits per heavy atom. The summed E-state index contributed by atoms with van der Waals surface area (Å²) in [6, 6.07) is -0.602. The number of carboxylic acid groups (broad SMARTS) is 1. The third-order valence-corrected chi connectivity index (χ3v) is 2.75. The second-order valence-corrected chi connectivity index (χ2v) is 4.48. The van der Waals surface area contributed by atoms with Crippen LogP contribution >= 0.6 is 0 Å². The van der Waals surface area contributed by atoms with Crippen LogP contribution < -0.4 is 10.0 Å². The lowest BCUT2D eigenvalue weighted by atomic mass is 10.2. The van der Waals surface area contributed by atoms with E-state index in [4.69, 9.17) is 4.74 Å². The van der Waals surface area contributed by atoms with Crippen molar-refractivity contribution in [1.82, 2.24) is 0 Å². The van der Waals surface area contributed by atoms with E-state index in [0.29, 0.717) is 0 Å². The lowest BCUT2D eigenvalue weighted by Gasteiger charge is -2.24. The molecule has 1 heterocycles. The lowest BCUT2D eigenvalue weighted by molar-refractivity contribution is -0.904. The van der Waals surface area contributed by atoms with Crippen LogP contribution in [0.25, 0.3) is 0 Å². The van der Waals surface area contributed by atoms with E-state index in [1.807, 2.05) is 0 Å². The summed E-state index contributed by atoms with van der Waals surface area (Å²) in [7, 11) is 0. The predicted molar refractivity (Wildman–Crippen MR) is 54.6 cm³/mol. The van der Waals surface area contributed by atoms with E-state index in [0.717, 1.165) is 30.8 Å². The molecule has 1 N–H and O–H groups in total. The number of rotatable bonds is 5. The number of carbonyl (C=O) groups is 2. The van der Waals surface area contributed by atoms with Crippen molar-refractivity contribution in [3.63, 3.8) is 0 Å². The molecule has 0 bridgehead atoms. The first-order chi connectivity index (χ1) is 7.50. The van der Waals surface area contributed by atoms with Gasteiger partial charge in [0.15, 0.2) is 6.04 Å². The number of ether oxygens (including phenoxy) is 1. The van der Waals surface area contributed by atoms with E-state index in [9.17, 15) is 14.7 Å². The molecule has 0 aromatic carbocycles. The van der Waals surface area contributed by atoms with Crippen molar-refractivity contribution in [2.75, 3.05) is 13.1 Å². The third kappa shape index (κ3) is 3.81. The van der Waals surface area contributed by atoms with Gasteiger partial charge in [-0.3, -0.25) is 0 Å². The Morgan fingerprint density at radius 2 is 1.88 bits per heavy atom. The van der Waals surface area contributed by atoms with E-state index >= 15 is 0 Å². The standard InChI is InChI=1S/C11H19NO4/c1-8(2)16-11(15)9(7-10(13)14)12-5-3-4-6-12/h8-9H,3-7H2,1-2H3,(H,13,14)/t9-/m0/s1. The van der Waals surface area contributed by atoms with Crippen LogP contribution in [0.2, 0.25) is 0 Å². The molecule has 0 spiro atoms. The van der Waals surface area contributed by atoms with Crippen molar-refractivity contribution >= 4 is 11.9 Å². The highest BCUT2D eigenvalue weighted by molar-refractivity contribution is 5.80. The molecule has 1 saturated heterocycles. The van der Waals surface area contributed by atoms with Gasteiger partial charge in [0, 0.05) is 18.8 Å². The second kappa shape index (κ2) is 5.84. The van der Waals surface area contributed by atoms with Crippen molar-refractivity contribution in [2.24, 2.45) is 0 Å². The van der Waals surface area contributed by atoms with Crippen molar-refractivity contribution in [3.05, 3.63) is 0 Å². The quantitative estimate of drug-likeness (QED) is 0.560. The van der Waals surface area contributed by atoms with Gasteiger partial charge in [-0.25, -0.2) is 4.79 Å². The Hall–Kier alpha value is -1.10. The highest BCUT2D eigenvalue weighted by Crippen LogP contribution is 1.99. The number of hydrogen-bond donors (Lipinski definition) is 1. The highest BCUT2D eigenvalue weighted by Gasteiger charge is 2.33. The molecule has 0 radical (unpaired) electrons. The minimum atomic E-state index is -1.19. The monoisotopic (exact) mass is 229 g/mol. The average molecular weight is 229 g/mol. The second-order valence-electron chi connectivity index (χ2n) is 4.48. The van der Waals surface area contributed by atoms with Crippen molar-refractivity contribution < 1.29 is 24.3 Å². The van der Waals surface area contributed by atoms with Gasteiger partial charge in [-0.05, 0) is 13.8 Å². The van der Waals surface area contributed by atoms with Crippen LogP contribution in [-0.2, 0) is 14.3 Å². The molecule has 0 amide bonds. The molecule has 0 aromatic heterocycles. The topological polar surface area (TPSA) is 70.9 Å². The molecule has 5 heteroatoms. The summed E-state index contributed by atoms with van der Waals surface area (Å²) in [5.41, 5.74) is 0. The smallest absolute Gasteiger partial charge is 0.365 e. The fraction of sp³-hybridized carbons (Fsp3) is 0.818. The van der Waals surface area contributed by atoms with Gasteiger partial charge in [0.05, 0.1) is 25.6 Å². The Kier molecular flexibility index (Phi) is 4.73. The number of quaternary nitrogens is 1. The molecular formula is C11H19NO4. The van der Waals surface area contributed by atoms with Crippen LogP contribution in [0, 0.1) is 0 Å². The molecule has 0 aliphatic carbocycles. The van der Waals surface area contributed by atoms with E-state index in [2.05, 4.69) is 0 Å². The van der Waals surface area contributed by atoms with Gasteiger partial charge in [0.1, 0.15) is 0 Å². The minimum Gasteiger partial charge on any atom is -0.550 e. The third-order valence-electron chi connectivity index (χ3n) is 2.75. The zero-order valence-electron chi connectivity index (χ0n) is 9.82. The zero-order chi connectivity index (χ0) is 12.1. The van der Waals surface area contributed by atoms with Crippen LogP contribution in [0.5, 0.6) is 0 Å². The van der Waals surface area contributed by atoms with Gasteiger partial charge in [0.25, 0.3) is 0 Å². The van der Waals surface area contributed by atoms with E-state index in [1.165, 1.54) is 0 Å². The Balaban J connectivity index is 2.61. The summed E-state index contributed by atoms with van der Waals surface area (Å²) in [6.07, 6.45) is 1.61. The van der Waals surface area contributed by atoms with Crippen LogP contribution in [0.1, 0.15) is 33.1 Å². The fourth-order valence-electron chi connectivity index (χ4n) is 2.05. The van der Waals surface area contributed by atoms with E-state index in [-0.39, 0.29) is 12.5 Å². The SMILES string of the molecule is CC(C)OC(=O)[C@H](CC(=O)[O-])[NH+]1CCCC1. The minimum absolute atomic E-state index is 0.209. The molecule has 1 fully saturated rings. The highest BCUT2D eigenvalue weighted by atomic mass is 16.5. The number of carboxylic acids is 1. The number of likely N-dealkylation sites (tertiary alicyclic amines) is 1. The van der Waals surface area contributed by atoms with Crippen LogP contribution in [0.15, 0.2) is 0 Å². The number of hydrogen-bond acceptors (Lipinski definition) is 4. The molecule has 0 unspecified atom stereocenters. The molecule has 1 atom stereocenters. The molecule has 0 aromatic rings. The number of nitrogens with one attached hydrogen (secondary N) is 1. The van der Waals surface area contributed by atoms with Crippen molar-refractivity contribution in [3.8, 4) is 0 Å². The van der Waals surface area contributed by atoms with Gasteiger partial charge in [0.2, 0.25) is 0 Å². The maximum Gasteiger partial charge on any atom is 0.365 e. The number of aliphatic carboxylic acids is 1. The number of esters is 1. The maximum absolute atomic E-state index is 11.7. The molecule has 16 heavy (non-hydrogen) atoms. The summed E-state index contributed by atoms with van der Waals surface area (Å²) >= 11 is 0. The maximum atomic E-state index is 11.7. The largest absolute Gasteiger partial charge is 0.550 e. The Bertz CT molecular complexity index is 259. The van der Waals surface area contributed by atoms with Gasteiger partial charge in [-0.15, -0.1) is 0 Å². The van der Waals surface area contributed by atoms with Crippen molar-refractivity contribution in [2.45, 2.75) is 45.3 Å². The zero-order valence-corrected chi connectivity index (χ0v) is 9.82. The van der Waals surface area contributed by atoms with E-state index < -0.39 is 18.0 Å². The molecule has 5 nitrogen and oxygen atoms in total. The van der Waals surface area contributed by atoms with E-state index in [1.54, 1.807) is 13.8 Å². The fourth-order valence-corrected chi connectivity index (χ4v) is 2.05. The Labute approximate surface area is 95.4 Å². The summed E-state index contributed by atoms with van der Waals surface area (Å²) < 4.78 is 5.07. The summed E-state index contributed by atoms with van der Waals surface area (Å²) in [5, 5.41) is 10.6. The molecular weight excluding hydrogens is 210 g/mol. The van der Waals surface area contributed by atoms with Crippen LogP contribution in [0.3, 0.4) is 0 Å². The van der Waals surface area contributed by atoms with Gasteiger partial charge < -0.3 is 19.5 Å². The summed E-state index contributed by atoms with van der Waals surface area (Å²) in [6.45, 7) is 5.19. The first kappa shape index (κ1) is 13.0. The van der Waals surface area contributed by atoms with Gasteiger partial charge >= 0.3 is 5.97 Å². The first-order valence-corrected chi connectivity index (χ1v) is 5.75. The molecule has 92 valence electrons.